The van der Waals surface area contributed by atoms with E-state index in [-0.39, 0.29) is 16.8 Å². The quantitative estimate of drug-likeness (QED) is 0.886. The van der Waals surface area contributed by atoms with Crippen LogP contribution in [0.5, 0.6) is 0 Å². The topological polar surface area (TPSA) is 54.9 Å². The van der Waals surface area contributed by atoms with E-state index in [9.17, 15) is 9.59 Å². The Bertz CT molecular complexity index is 767. The molecule has 1 aliphatic carbocycles. The summed E-state index contributed by atoms with van der Waals surface area (Å²) < 4.78 is 1.34. The van der Waals surface area contributed by atoms with Crippen molar-refractivity contribution in [3.63, 3.8) is 0 Å². The maximum atomic E-state index is 12.6. The molecule has 1 heterocycles. The summed E-state index contributed by atoms with van der Waals surface area (Å²) in [4.78, 5) is 27.4. The Morgan fingerprint density at radius 1 is 1.24 bits per heavy atom. The van der Waals surface area contributed by atoms with E-state index in [4.69, 9.17) is 11.6 Å². The van der Waals surface area contributed by atoms with Gasteiger partial charge in [0.25, 0.3) is 5.56 Å². The maximum Gasteiger partial charge on any atom is 0.329 e. The molecule has 2 aromatic rings. The van der Waals surface area contributed by atoms with Crippen LogP contribution < -0.4 is 11.2 Å². The van der Waals surface area contributed by atoms with Crippen molar-refractivity contribution >= 4 is 11.6 Å². The van der Waals surface area contributed by atoms with Gasteiger partial charge in [0.05, 0.1) is 5.56 Å². The molecule has 1 aromatic carbocycles. The van der Waals surface area contributed by atoms with Gasteiger partial charge in [0.2, 0.25) is 0 Å². The van der Waals surface area contributed by atoms with Crippen LogP contribution in [-0.4, -0.2) is 9.55 Å². The van der Waals surface area contributed by atoms with Gasteiger partial charge in [-0.25, -0.2) is 4.79 Å². The first-order chi connectivity index (χ1) is 10.1. The second-order valence-corrected chi connectivity index (χ2v) is 5.86. The Labute approximate surface area is 127 Å². The molecule has 0 fully saturated rings. The van der Waals surface area contributed by atoms with Gasteiger partial charge in [-0.3, -0.25) is 14.3 Å². The summed E-state index contributed by atoms with van der Waals surface area (Å²) in [7, 11) is 0. The zero-order chi connectivity index (χ0) is 15.0. The highest BCUT2D eigenvalue weighted by molar-refractivity contribution is 6.30. The van der Waals surface area contributed by atoms with Crippen molar-refractivity contribution in [2.75, 3.05) is 0 Å². The minimum absolute atomic E-state index is 0.119. The number of aromatic amines is 1. The molecule has 110 valence electrons. The molecule has 0 saturated heterocycles. The zero-order valence-electron chi connectivity index (χ0n) is 11.9. The van der Waals surface area contributed by atoms with Gasteiger partial charge >= 0.3 is 5.69 Å². The van der Waals surface area contributed by atoms with E-state index in [1.165, 1.54) is 15.7 Å². The van der Waals surface area contributed by atoms with Crippen LogP contribution in [0.1, 0.15) is 36.1 Å². The van der Waals surface area contributed by atoms with Gasteiger partial charge in [0.15, 0.2) is 0 Å². The second kappa shape index (κ2) is 5.53. The minimum atomic E-state index is -0.414. The third-order valence-electron chi connectivity index (χ3n) is 4.07. The lowest BCUT2D eigenvalue weighted by Crippen LogP contribution is -2.40. The van der Waals surface area contributed by atoms with Gasteiger partial charge in [-0.2, -0.15) is 0 Å². The summed E-state index contributed by atoms with van der Waals surface area (Å²) in [6.07, 6.45) is 2.82. The number of nitrogens with one attached hydrogen (secondary N) is 1. The summed E-state index contributed by atoms with van der Waals surface area (Å²) in [5.41, 5.74) is 2.27. The highest BCUT2D eigenvalue weighted by atomic mass is 35.5. The molecule has 3 rings (SSSR count). The summed E-state index contributed by atoms with van der Waals surface area (Å²) >= 11 is 6.01. The molecule has 0 saturated carbocycles. The number of fused-ring (bicyclic) bond motifs is 1. The lowest BCUT2D eigenvalue weighted by Gasteiger charge is -2.14. The molecule has 1 aliphatic rings. The molecule has 0 aliphatic heterocycles. The standard InChI is InChI=1S/C16H17ClN2O2/c1-2-5-13-14(17)18-16(21)19(15(13)20)12-8-10-6-3-4-7-11(10)9-12/h3-4,6-7,12H,2,5,8-9H2,1H3,(H,18,21). The second-order valence-electron chi connectivity index (χ2n) is 5.48. The molecule has 0 amide bonds. The van der Waals surface area contributed by atoms with E-state index in [0.717, 1.165) is 6.42 Å². The van der Waals surface area contributed by atoms with Crippen LogP contribution in [0.15, 0.2) is 33.9 Å². The Morgan fingerprint density at radius 2 is 1.86 bits per heavy atom. The summed E-state index contributed by atoms with van der Waals surface area (Å²) in [6.45, 7) is 1.98. The molecule has 0 unspecified atom stereocenters. The Morgan fingerprint density at radius 3 is 2.43 bits per heavy atom. The van der Waals surface area contributed by atoms with Crippen LogP contribution in [0.25, 0.3) is 0 Å². The fourth-order valence-corrected chi connectivity index (χ4v) is 3.33. The fraction of sp³-hybridized carbons (Fsp3) is 0.375. The fourth-order valence-electron chi connectivity index (χ4n) is 3.08. The Kier molecular flexibility index (Phi) is 3.72. The first kappa shape index (κ1) is 14.1. The van der Waals surface area contributed by atoms with Crippen molar-refractivity contribution in [2.45, 2.75) is 38.6 Å². The largest absolute Gasteiger partial charge is 0.329 e. The number of H-pyrrole nitrogens is 1. The third kappa shape index (κ3) is 2.44. The Hall–Kier alpha value is -1.81. The molecule has 5 heteroatoms. The highest BCUT2D eigenvalue weighted by Gasteiger charge is 2.26. The van der Waals surface area contributed by atoms with Crippen molar-refractivity contribution in [1.82, 2.24) is 9.55 Å². The number of benzene rings is 1. The number of nitrogens with zero attached hydrogens (tertiary/aromatic N) is 1. The van der Waals surface area contributed by atoms with Crippen molar-refractivity contribution in [1.29, 1.82) is 0 Å². The molecule has 4 nitrogen and oxygen atoms in total. The van der Waals surface area contributed by atoms with E-state index in [1.54, 1.807) is 0 Å². The van der Waals surface area contributed by atoms with Crippen LogP contribution in [0, 0.1) is 0 Å². The predicted octanol–water partition coefficient (Wildman–Crippen LogP) is 2.48. The molecule has 0 atom stereocenters. The highest BCUT2D eigenvalue weighted by Crippen LogP contribution is 2.28. The molecular weight excluding hydrogens is 288 g/mol. The van der Waals surface area contributed by atoms with Crippen molar-refractivity contribution < 1.29 is 0 Å². The number of halogens is 1. The molecule has 1 N–H and O–H groups in total. The van der Waals surface area contributed by atoms with Gasteiger partial charge < -0.3 is 0 Å². The molecule has 0 bridgehead atoms. The van der Waals surface area contributed by atoms with Crippen molar-refractivity contribution in [3.05, 3.63) is 66.9 Å². The molecule has 0 radical (unpaired) electrons. The summed E-state index contributed by atoms with van der Waals surface area (Å²) in [5.74, 6) is 0. The summed E-state index contributed by atoms with van der Waals surface area (Å²) in [6, 6.07) is 7.96. The molecule has 21 heavy (non-hydrogen) atoms. The van der Waals surface area contributed by atoms with E-state index in [1.807, 2.05) is 19.1 Å². The maximum absolute atomic E-state index is 12.6. The van der Waals surface area contributed by atoms with Crippen molar-refractivity contribution in [3.8, 4) is 0 Å². The van der Waals surface area contributed by atoms with Gasteiger partial charge in [-0.1, -0.05) is 49.2 Å². The normalized spacial score (nSPS) is 14.4. The number of hydrogen-bond donors (Lipinski definition) is 1. The zero-order valence-corrected chi connectivity index (χ0v) is 12.6. The van der Waals surface area contributed by atoms with E-state index >= 15 is 0 Å². The summed E-state index contributed by atoms with van der Waals surface area (Å²) in [5, 5.41) is 0.179. The van der Waals surface area contributed by atoms with Crippen LogP contribution in [0.4, 0.5) is 0 Å². The van der Waals surface area contributed by atoms with Gasteiger partial charge in [0.1, 0.15) is 5.15 Å². The molecular formula is C16H17ClN2O2. The number of rotatable bonds is 3. The van der Waals surface area contributed by atoms with Crippen LogP contribution in [0.2, 0.25) is 5.15 Å². The lowest BCUT2D eigenvalue weighted by atomic mass is 10.1. The van der Waals surface area contributed by atoms with Gasteiger partial charge in [-0.05, 0) is 30.4 Å². The lowest BCUT2D eigenvalue weighted by molar-refractivity contribution is 0.483. The van der Waals surface area contributed by atoms with E-state index in [2.05, 4.69) is 17.1 Å². The minimum Gasteiger partial charge on any atom is -0.297 e. The van der Waals surface area contributed by atoms with E-state index < -0.39 is 5.69 Å². The average molecular weight is 305 g/mol. The van der Waals surface area contributed by atoms with Gasteiger partial charge in [0, 0.05) is 6.04 Å². The Balaban J connectivity index is 2.07. The van der Waals surface area contributed by atoms with Crippen LogP contribution >= 0.6 is 11.6 Å². The smallest absolute Gasteiger partial charge is 0.297 e. The van der Waals surface area contributed by atoms with Crippen molar-refractivity contribution in [2.24, 2.45) is 0 Å². The SMILES string of the molecule is CCCc1c(Cl)[nH]c(=O)n(C2Cc3ccccc3C2)c1=O. The number of hydrogen-bond acceptors (Lipinski definition) is 2. The van der Waals surface area contributed by atoms with E-state index in [0.29, 0.717) is 24.8 Å². The predicted molar refractivity (Wildman–Crippen MR) is 83.2 cm³/mol. The molecule has 0 spiro atoms. The van der Waals surface area contributed by atoms with Gasteiger partial charge in [-0.15, -0.1) is 0 Å². The monoisotopic (exact) mass is 304 g/mol. The molecule has 1 aromatic heterocycles. The first-order valence-electron chi connectivity index (χ1n) is 7.21. The van der Waals surface area contributed by atoms with Crippen LogP contribution in [0.3, 0.4) is 0 Å². The average Bonchev–Trinajstić information content (AvgIpc) is 2.86. The van der Waals surface area contributed by atoms with Crippen LogP contribution in [-0.2, 0) is 19.3 Å². The third-order valence-corrected chi connectivity index (χ3v) is 4.39. The first-order valence-corrected chi connectivity index (χ1v) is 7.59. The number of aromatic nitrogens is 2.